The lowest BCUT2D eigenvalue weighted by atomic mass is 10.1. The first kappa shape index (κ1) is 10.6. The molecule has 0 saturated heterocycles. The average molecular weight is 223 g/mol. The average Bonchev–Trinajstić information content (AvgIpc) is 2.78. The third-order valence-electron chi connectivity index (χ3n) is 2.17. The molecule has 0 amide bonds. The lowest BCUT2D eigenvalue weighted by Gasteiger charge is -2.03. The van der Waals surface area contributed by atoms with Crippen LogP contribution >= 0.6 is 0 Å². The minimum Gasteiger partial charge on any atom is -0.494 e. The van der Waals surface area contributed by atoms with Crippen LogP contribution in [0.25, 0.3) is 11.3 Å². The van der Waals surface area contributed by atoms with Crippen LogP contribution < -0.4 is 10.5 Å². The zero-order chi connectivity index (χ0) is 11.5. The molecule has 0 aliphatic carbocycles. The van der Waals surface area contributed by atoms with E-state index < -0.39 is 5.82 Å². The Morgan fingerprint density at radius 1 is 1.44 bits per heavy atom. The van der Waals surface area contributed by atoms with E-state index in [0.29, 0.717) is 17.0 Å². The molecule has 0 bridgehead atoms. The third kappa shape index (κ3) is 1.74. The number of hydrogen-bond donors (Lipinski definition) is 1. The Balaban J connectivity index is 2.48. The van der Waals surface area contributed by atoms with Crippen molar-refractivity contribution in [2.75, 3.05) is 7.11 Å². The van der Waals surface area contributed by atoms with E-state index in [1.807, 2.05) is 0 Å². The maximum absolute atomic E-state index is 13.2. The van der Waals surface area contributed by atoms with Gasteiger partial charge < -0.3 is 10.5 Å². The predicted octanol–water partition coefficient (Wildman–Crippen LogP) is 1.34. The Hall–Kier alpha value is -1.95. The maximum atomic E-state index is 13.2. The molecule has 84 valence electrons. The van der Waals surface area contributed by atoms with Gasteiger partial charge in [0.25, 0.3) is 0 Å². The van der Waals surface area contributed by atoms with Crippen LogP contribution in [0, 0.1) is 5.82 Å². The van der Waals surface area contributed by atoms with Gasteiger partial charge >= 0.3 is 0 Å². The molecule has 0 atom stereocenters. The summed E-state index contributed by atoms with van der Waals surface area (Å²) in [6, 6.07) is 4.38. The molecule has 0 unspecified atom stereocenters. The van der Waals surface area contributed by atoms with Gasteiger partial charge in [-0.3, -0.25) is 0 Å². The molecule has 2 rings (SSSR count). The van der Waals surface area contributed by atoms with Gasteiger partial charge in [-0.15, -0.1) is 0 Å². The molecule has 2 N–H and O–H groups in total. The summed E-state index contributed by atoms with van der Waals surface area (Å²) in [6.07, 6.45) is 0. The molecule has 0 aliphatic heterocycles. The van der Waals surface area contributed by atoms with Crippen LogP contribution in [-0.2, 0) is 6.54 Å². The summed E-state index contributed by atoms with van der Waals surface area (Å²) < 4.78 is 22.6. The molecule has 0 fully saturated rings. The highest BCUT2D eigenvalue weighted by Crippen LogP contribution is 2.26. The van der Waals surface area contributed by atoms with E-state index in [1.165, 1.54) is 19.2 Å². The first-order valence-electron chi connectivity index (χ1n) is 4.61. The summed E-state index contributed by atoms with van der Waals surface area (Å²) in [5.74, 6) is -0.291. The molecule has 5 nitrogen and oxygen atoms in total. The van der Waals surface area contributed by atoms with Crippen molar-refractivity contribution in [2.45, 2.75) is 6.54 Å². The van der Waals surface area contributed by atoms with E-state index in [2.05, 4.69) is 14.9 Å². The quantitative estimate of drug-likeness (QED) is 0.849. The Bertz CT molecular complexity index is 499. The van der Waals surface area contributed by atoms with E-state index in [4.69, 9.17) is 10.5 Å². The third-order valence-corrected chi connectivity index (χ3v) is 2.17. The normalized spacial score (nSPS) is 10.4. The molecule has 0 spiro atoms. The van der Waals surface area contributed by atoms with E-state index >= 15 is 0 Å². The number of methoxy groups -OCH3 is 1. The summed E-state index contributed by atoms with van der Waals surface area (Å²) in [6.45, 7) is 0.207. The second-order valence-electron chi connectivity index (χ2n) is 3.11. The van der Waals surface area contributed by atoms with Crippen molar-refractivity contribution < 1.29 is 13.8 Å². The van der Waals surface area contributed by atoms with Gasteiger partial charge in [0.05, 0.1) is 7.11 Å². The van der Waals surface area contributed by atoms with Crippen LogP contribution in [0.15, 0.2) is 22.8 Å². The molecule has 0 aliphatic rings. The lowest BCUT2D eigenvalue weighted by molar-refractivity contribution is 0.304. The molecule has 0 radical (unpaired) electrons. The number of halogens is 1. The molecule has 1 heterocycles. The highest BCUT2D eigenvalue weighted by molar-refractivity contribution is 5.62. The van der Waals surface area contributed by atoms with Gasteiger partial charge in [-0.25, -0.2) is 9.02 Å². The van der Waals surface area contributed by atoms with Gasteiger partial charge in [0, 0.05) is 12.1 Å². The number of aromatic nitrogens is 2. The Labute approximate surface area is 91.0 Å². The van der Waals surface area contributed by atoms with Gasteiger partial charge in [0.15, 0.2) is 11.6 Å². The molecule has 1 aromatic heterocycles. The molecule has 0 saturated carbocycles. The summed E-state index contributed by atoms with van der Waals surface area (Å²) in [4.78, 5) is 0. The Morgan fingerprint density at radius 2 is 2.25 bits per heavy atom. The maximum Gasteiger partial charge on any atom is 0.165 e. The zero-order valence-electron chi connectivity index (χ0n) is 8.61. The Morgan fingerprint density at radius 3 is 2.94 bits per heavy atom. The van der Waals surface area contributed by atoms with Gasteiger partial charge in [-0.2, -0.15) is 0 Å². The smallest absolute Gasteiger partial charge is 0.165 e. The van der Waals surface area contributed by atoms with E-state index in [-0.39, 0.29) is 12.3 Å². The van der Waals surface area contributed by atoms with Crippen molar-refractivity contribution in [1.29, 1.82) is 0 Å². The number of benzene rings is 1. The number of hydrogen-bond acceptors (Lipinski definition) is 5. The van der Waals surface area contributed by atoms with Crippen LogP contribution in [0.5, 0.6) is 5.75 Å². The molecule has 2 aromatic rings. The van der Waals surface area contributed by atoms with Crippen LogP contribution in [-0.4, -0.2) is 17.4 Å². The monoisotopic (exact) mass is 223 g/mol. The molecule has 16 heavy (non-hydrogen) atoms. The van der Waals surface area contributed by atoms with E-state index in [0.717, 1.165) is 0 Å². The zero-order valence-corrected chi connectivity index (χ0v) is 8.61. The van der Waals surface area contributed by atoms with E-state index in [9.17, 15) is 4.39 Å². The van der Waals surface area contributed by atoms with Crippen molar-refractivity contribution in [3.63, 3.8) is 0 Å². The molecule has 1 aromatic carbocycles. The lowest BCUT2D eigenvalue weighted by Crippen LogP contribution is -1.99. The van der Waals surface area contributed by atoms with Crippen molar-refractivity contribution in [1.82, 2.24) is 10.3 Å². The largest absolute Gasteiger partial charge is 0.494 e. The van der Waals surface area contributed by atoms with Crippen molar-refractivity contribution in [2.24, 2.45) is 5.73 Å². The second-order valence-corrected chi connectivity index (χ2v) is 3.11. The van der Waals surface area contributed by atoms with Crippen molar-refractivity contribution in [3.8, 4) is 17.0 Å². The summed E-state index contributed by atoms with van der Waals surface area (Å²) in [5, 5.41) is 7.36. The first-order chi connectivity index (χ1) is 7.76. The van der Waals surface area contributed by atoms with Crippen LogP contribution in [0.1, 0.15) is 5.69 Å². The number of rotatable bonds is 3. The highest BCUT2D eigenvalue weighted by Gasteiger charge is 2.13. The van der Waals surface area contributed by atoms with Crippen LogP contribution in [0.4, 0.5) is 4.39 Å². The summed E-state index contributed by atoms with van der Waals surface area (Å²) in [5.41, 5.74) is 7.14. The standard InChI is InChI=1S/C10H10FN3O2/c1-15-9-4-6(2-3-7(9)11)10-8(5-12)13-16-14-10/h2-4H,5,12H2,1H3. The number of nitrogens with two attached hydrogens (primary N) is 1. The van der Waals surface area contributed by atoms with Crippen LogP contribution in [0.3, 0.4) is 0 Å². The number of ether oxygens (including phenoxy) is 1. The summed E-state index contributed by atoms with van der Waals surface area (Å²) in [7, 11) is 1.40. The molecule has 6 heteroatoms. The fourth-order valence-electron chi connectivity index (χ4n) is 1.37. The van der Waals surface area contributed by atoms with Gasteiger partial charge in [0.1, 0.15) is 11.4 Å². The van der Waals surface area contributed by atoms with Crippen molar-refractivity contribution in [3.05, 3.63) is 29.7 Å². The fraction of sp³-hybridized carbons (Fsp3) is 0.200. The SMILES string of the molecule is COc1cc(-c2nonc2CN)ccc1F. The predicted molar refractivity (Wildman–Crippen MR) is 54.1 cm³/mol. The molecular formula is C10H10FN3O2. The number of nitrogens with zero attached hydrogens (tertiary/aromatic N) is 2. The van der Waals surface area contributed by atoms with Gasteiger partial charge in [-0.1, -0.05) is 5.16 Å². The summed E-state index contributed by atoms with van der Waals surface area (Å²) >= 11 is 0. The minimum absolute atomic E-state index is 0.142. The first-order valence-corrected chi connectivity index (χ1v) is 4.61. The van der Waals surface area contributed by atoms with Crippen LogP contribution in [0.2, 0.25) is 0 Å². The highest BCUT2D eigenvalue weighted by atomic mass is 19.1. The van der Waals surface area contributed by atoms with Gasteiger partial charge in [0.2, 0.25) is 0 Å². The molecular weight excluding hydrogens is 213 g/mol. The minimum atomic E-state index is -0.433. The van der Waals surface area contributed by atoms with E-state index in [1.54, 1.807) is 6.07 Å². The second kappa shape index (κ2) is 4.28. The van der Waals surface area contributed by atoms with Crippen molar-refractivity contribution >= 4 is 0 Å². The Kier molecular flexibility index (Phi) is 2.82. The topological polar surface area (TPSA) is 74.2 Å². The fourth-order valence-corrected chi connectivity index (χ4v) is 1.37. The van der Waals surface area contributed by atoms with Gasteiger partial charge in [-0.05, 0) is 23.4 Å².